The summed E-state index contributed by atoms with van der Waals surface area (Å²) in [6, 6.07) is 3.57. The van der Waals surface area contributed by atoms with Crippen LogP contribution in [0.5, 0.6) is 0 Å². The summed E-state index contributed by atoms with van der Waals surface area (Å²) in [5.74, 6) is 0.477. The first kappa shape index (κ1) is 14.9. The number of nitrogens with zero attached hydrogens (tertiary/aromatic N) is 1. The minimum atomic E-state index is -0.357. The molecule has 5 heteroatoms. The number of carbonyl (C=O) groups is 1. The zero-order chi connectivity index (χ0) is 14.2. The highest BCUT2D eigenvalue weighted by atomic mass is 16.5. The fraction of sp³-hybridized carbons (Fsp3) is 0.600. The summed E-state index contributed by atoms with van der Waals surface area (Å²) in [6.07, 6.45) is 5.23. The first-order valence-electron chi connectivity index (χ1n) is 7.11. The zero-order valence-corrected chi connectivity index (χ0v) is 11.9. The Kier molecular flexibility index (Phi) is 5.95. The van der Waals surface area contributed by atoms with Crippen molar-refractivity contribution >= 4 is 5.97 Å². The lowest BCUT2D eigenvalue weighted by Crippen LogP contribution is -2.17. The zero-order valence-electron chi connectivity index (χ0n) is 11.9. The Balaban J connectivity index is 1.55. The van der Waals surface area contributed by atoms with Gasteiger partial charge < -0.3 is 14.8 Å². The Bertz CT molecular complexity index is 416. The second-order valence-electron chi connectivity index (χ2n) is 5.08. The molecule has 1 fully saturated rings. The van der Waals surface area contributed by atoms with Gasteiger partial charge in [-0.1, -0.05) is 0 Å². The van der Waals surface area contributed by atoms with E-state index in [0.29, 0.717) is 12.1 Å². The molecule has 0 amide bonds. The molecule has 1 N–H and O–H groups in total. The highest BCUT2D eigenvalue weighted by Crippen LogP contribution is 2.28. The van der Waals surface area contributed by atoms with Gasteiger partial charge in [0.1, 0.15) is 0 Å². The highest BCUT2D eigenvalue weighted by Gasteiger charge is 2.20. The van der Waals surface area contributed by atoms with E-state index in [4.69, 9.17) is 4.74 Å². The second kappa shape index (κ2) is 7.97. The van der Waals surface area contributed by atoms with Crippen molar-refractivity contribution in [3.8, 4) is 0 Å². The summed E-state index contributed by atoms with van der Waals surface area (Å²) in [4.78, 5) is 15.5. The van der Waals surface area contributed by atoms with Gasteiger partial charge in [0, 0.05) is 26.0 Å². The Morgan fingerprint density at radius 3 is 2.95 bits per heavy atom. The van der Waals surface area contributed by atoms with Crippen molar-refractivity contribution < 1.29 is 14.3 Å². The van der Waals surface area contributed by atoms with E-state index < -0.39 is 0 Å². The first-order valence-corrected chi connectivity index (χ1v) is 7.11. The fourth-order valence-electron chi connectivity index (χ4n) is 1.82. The van der Waals surface area contributed by atoms with Crippen LogP contribution in [-0.4, -0.2) is 37.8 Å². The van der Waals surface area contributed by atoms with Crippen molar-refractivity contribution in [2.75, 3.05) is 26.9 Å². The SMILES string of the molecule is COC(=O)c1ccc(CNCCCOCC2CC2)nc1. The van der Waals surface area contributed by atoms with E-state index in [1.54, 1.807) is 12.3 Å². The van der Waals surface area contributed by atoms with Crippen molar-refractivity contribution in [2.45, 2.75) is 25.8 Å². The van der Waals surface area contributed by atoms with E-state index >= 15 is 0 Å². The summed E-state index contributed by atoms with van der Waals surface area (Å²) in [5, 5.41) is 3.31. The molecule has 0 aromatic carbocycles. The van der Waals surface area contributed by atoms with Crippen molar-refractivity contribution in [1.82, 2.24) is 10.3 Å². The summed E-state index contributed by atoms with van der Waals surface area (Å²) in [6.45, 7) is 3.35. The van der Waals surface area contributed by atoms with Crippen molar-refractivity contribution in [3.63, 3.8) is 0 Å². The third-order valence-corrected chi connectivity index (χ3v) is 3.24. The molecule has 1 aromatic heterocycles. The molecule has 1 aliphatic carbocycles. The third-order valence-electron chi connectivity index (χ3n) is 3.24. The van der Waals surface area contributed by atoms with Gasteiger partial charge in [0.15, 0.2) is 0 Å². The van der Waals surface area contributed by atoms with Gasteiger partial charge in [0.05, 0.1) is 18.4 Å². The molecule has 1 aromatic rings. The second-order valence-corrected chi connectivity index (χ2v) is 5.08. The largest absolute Gasteiger partial charge is 0.465 e. The van der Waals surface area contributed by atoms with Crippen LogP contribution in [0, 0.1) is 5.92 Å². The Morgan fingerprint density at radius 2 is 2.30 bits per heavy atom. The number of pyridine rings is 1. The Hall–Kier alpha value is -1.46. The number of rotatable bonds is 9. The van der Waals surface area contributed by atoms with Crippen molar-refractivity contribution in [1.29, 1.82) is 0 Å². The molecular weight excluding hydrogens is 256 g/mol. The number of esters is 1. The average Bonchev–Trinajstić information content (AvgIpc) is 3.30. The molecule has 1 saturated carbocycles. The van der Waals surface area contributed by atoms with Gasteiger partial charge in [-0.05, 0) is 43.9 Å². The molecule has 0 spiro atoms. The van der Waals surface area contributed by atoms with Crippen LogP contribution in [-0.2, 0) is 16.0 Å². The average molecular weight is 278 g/mol. The minimum absolute atomic E-state index is 0.357. The monoisotopic (exact) mass is 278 g/mol. The van der Waals surface area contributed by atoms with Crippen LogP contribution in [0.15, 0.2) is 18.3 Å². The first-order chi connectivity index (χ1) is 9.79. The van der Waals surface area contributed by atoms with Crippen molar-refractivity contribution in [2.24, 2.45) is 5.92 Å². The van der Waals surface area contributed by atoms with Gasteiger partial charge >= 0.3 is 5.97 Å². The van der Waals surface area contributed by atoms with Crippen LogP contribution in [0.3, 0.4) is 0 Å². The number of nitrogens with one attached hydrogen (secondary N) is 1. The Labute approximate surface area is 119 Å². The van der Waals surface area contributed by atoms with Crippen molar-refractivity contribution in [3.05, 3.63) is 29.6 Å². The van der Waals surface area contributed by atoms with Gasteiger partial charge in [-0.25, -0.2) is 4.79 Å². The van der Waals surface area contributed by atoms with Crippen LogP contribution in [0.4, 0.5) is 0 Å². The van der Waals surface area contributed by atoms with Crippen LogP contribution >= 0.6 is 0 Å². The molecule has 0 radical (unpaired) electrons. The van der Waals surface area contributed by atoms with E-state index in [9.17, 15) is 4.79 Å². The van der Waals surface area contributed by atoms with Gasteiger partial charge in [-0.15, -0.1) is 0 Å². The van der Waals surface area contributed by atoms with Gasteiger partial charge in [0.25, 0.3) is 0 Å². The maximum atomic E-state index is 11.2. The summed E-state index contributed by atoms with van der Waals surface area (Å²) >= 11 is 0. The van der Waals surface area contributed by atoms with Gasteiger partial charge in [-0.3, -0.25) is 4.98 Å². The number of hydrogen-bond donors (Lipinski definition) is 1. The van der Waals surface area contributed by atoms with E-state index in [0.717, 1.165) is 37.8 Å². The molecule has 0 unspecified atom stereocenters. The topological polar surface area (TPSA) is 60.5 Å². The predicted molar refractivity (Wildman–Crippen MR) is 75.4 cm³/mol. The van der Waals surface area contributed by atoms with E-state index in [-0.39, 0.29) is 5.97 Å². The Morgan fingerprint density at radius 1 is 1.45 bits per heavy atom. The smallest absolute Gasteiger partial charge is 0.339 e. The molecule has 110 valence electrons. The van der Waals surface area contributed by atoms with Gasteiger partial charge in [-0.2, -0.15) is 0 Å². The number of carbonyl (C=O) groups excluding carboxylic acids is 1. The highest BCUT2D eigenvalue weighted by molar-refractivity contribution is 5.88. The number of hydrogen-bond acceptors (Lipinski definition) is 5. The van der Waals surface area contributed by atoms with Crippen LogP contribution in [0.2, 0.25) is 0 Å². The molecule has 1 aliphatic rings. The molecule has 0 saturated heterocycles. The molecular formula is C15H22N2O3. The summed E-state index contributed by atoms with van der Waals surface area (Å²) in [5.41, 5.74) is 1.39. The number of ether oxygens (including phenoxy) is 2. The molecule has 20 heavy (non-hydrogen) atoms. The van der Waals surface area contributed by atoms with Gasteiger partial charge in [0.2, 0.25) is 0 Å². The van der Waals surface area contributed by atoms with E-state index in [1.165, 1.54) is 20.0 Å². The molecule has 0 bridgehead atoms. The normalized spacial score (nSPS) is 14.2. The van der Waals surface area contributed by atoms with Crippen LogP contribution in [0.25, 0.3) is 0 Å². The maximum Gasteiger partial charge on any atom is 0.339 e. The summed E-state index contributed by atoms with van der Waals surface area (Å²) in [7, 11) is 1.36. The maximum absolute atomic E-state index is 11.2. The molecule has 5 nitrogen and oxygen atoms in total. The van der Waals surface area contributed by atoms with Crippen LogP contribution in [0.1, 0.15) is 35.3 Å². The lowest BCUT2D eigenvalue weighted by Gasteiger charge is -2.06. The van der Waals surface area contributed by atoms with E-state index in [2.05, 4.69) is 15.0 Å². The lowest BCUT2D eigenvalue weighted by molar-refractivity contribution is 0.0600. The standard InChI is InChI=1S/C15H22N2O3/c1-19-15(18)13-5-6-14(17-9-13)10-16-7-2-8-20-11-12-3-4-12/h5-6,9,12,16H,2-4,7-8,10-11H2,1H3. The molecule has 0 aliphatic heterocycles. The fourth-order valence-corrected chi connectivity index (χ4v) is 1.82. The quantitative estimate of drug-likeness (QED) is 0.551. The third kappa shape index (κ3) is 5.27. The molecule has 1 heterocycles. The minimum Gasteiger partial charge on any atom is -0.465 e. The van der Waals surface area contributed by atoms with E-state index in [1.807, 2.05) is 6.07 Å². The number of aromatic nitrogens is 1. The van der Waals surface area contributed by atoms with Crippen LogP contribution < -0.4 is 5.32 Å². The summed E-state index contributed by atoms with van der Waals surface area (Å²) < 4.78 is 10.2. The molecule has 0 atom stereocenters. The lowest BCUT2D eigenvalue weighted by atomic mass is 10.2. The number of methoxy groups -OCH3 is 1. The molecule has 2 rings (SSSR count). The predicted octanol–water partition coefficient (Wildman–Crippen LogP) is 1.77.